The third-order valence-electron chi connectivity index (χ3n) is 15.5. The lowest BCUT2D eigenvalue weighted by Gasteiger charge is -2.20. The van der Waals surface area contributed by atoms with Crippen molar-refractivity contribution >= 4 is 5.91 Å². The minimum absolute atomic E-state index is 0.0539. The van der Waals surface area contributed by atoms with Crippen molar-refractivity contribution in [1.29, 1.82) is 0 Å². The Hall–Kier alpha value is -0.870. The van der Waals surface area contributed by atoms with E-state index in [1.165, 1.54) is 334 Å². The molecule has 0 rings (SSSR count). The Morgan fingerprint density at radius 1 is 0.333 bits per heavy atom. The van der Waals surface area contributed by atoms with Crippen LogP contribution in [0.1, 0.15) is 380 Å². The molecule has 412 valence electrons. The van der Waals surface area contributed by atoms with Gasteiger partial charge in [-0.3, -0.25) is 4.79 Å². The number of carbonyl (C=O) groups excluding carboxylic acids is 1. The molecular weight excluding hydrogens is 843 g/mol. The molecule has 0 aromatic carbocycles. The van der Waals surface area contributed by atoms with Crippen LogP contribution >= 0.6 is 0 Å². The van der Waals surface area contributed by atoms with Gasteiger partial charge in [0.2, 0.25) is 5.91 Å². The molecule has 0 aromatic heterocycles. The molecule has 0 spiro atoms. The van der Waals surface area contributed by atoms with Crippen LogP contribution in [0.25, 0.3) is 0 Å². The summed E-state index contributed by atoms with van der Waals surface area (Å²) in [5.41, 5.74) is 0. The van der Waals surface area contributed by atoms with Gasteiger partial charge in [0.15, 0.2) is 0 Å². The summed E-state index contributed by atoms with van der Waals surface area (Å²) in [7, 11) is 0. The van der Waals surface area contributed by atoms with Gasteiger partial charge in [-0.15, -0.1) is 0 Å². The third kappa shape index (κ3) is 57.9. The van der Waals surface area contributed by atoms with Crippen LogP contribution < -0.4 is 5.32 Å². The smallest absolute Gasteiger partial charge is 0.220 e. The highest BCUT2D eigenvalue weighted by molar-refractivity contribution is 5.76. The van der Waals surface area contributed by atoms with Crippen molar-refractivity contribution in [3.8, 4) is 0 Å². The predicted molar refractivity (Wildman–Crippen MR) is 309 cm³/mol. The topological polar surface area (TPSA) is 69.6 Å². The average molecular weight is 973 g/mol. The van der Waals surface area contributed by atoms with E-state index in [1.807, 2.05) is 6.08 Å². The van der Waals surface area contributed by atoms with Crippen molar-refractivity contribution in [2.45, 2.75) is 392 Å². The van der Waals surface area contributed by atoms with Gasteiger partial charge in [0.05, 0.1) is 18.8 Å². The largest absolute Gasteiger partial charge is 0.394 e. The molecule has 0 heterocycles. The molecule has 0 aliphatic rings. The van der Waals surface area contributed by atoms with Gasteiger partial charge >= 0.3 is 0 Å². The van der Waals surface area contributed by atoms with Crippen LogP contribution in [0.3, 0.4) is 0 Å². The number of allylic oxidation sites excluding steroid dienone is 1. The summed E-state index contributed by atoms with van der Waals surface area (Å²) in [5.74, 6) is -0.0539. The molecule has 0 fully saturated rings. The molecule has 3 N–H and O–H groups in total. The first-order valence-corrected chi connectivity index (χ1v) is 32.4. The highest BCUT2D eigenvalue weighted by Crippen LogP contribution is 2.19. The van der Waals surface area contributed by atoms with Crippen molar-refractivity contribution in [3.05, 3.63) is 12.2 Å². The van der Waals surface area contributed by atoms with E-state index in [0.29, 0.717) is 6.42 Å². The van der Waals surface area contributed by atoms with E-state index >= 15 is 0 Å². The van der Waals surface area contributed by atoms with Crippen molar-refractivity contribution in [3.63, 3.8) is 0 Å². The zero-order chi connectivity index (χ0) is 49.9. The number of nitrogens with one attached hydrogen (secondary N) is 1. The molecule has 2 atom stereocenters. The summed E-state index contributed by atoms with van der Waals surface area (Å²) >= 11 is 0. The SMILES string of the molecule is CCCCCCCCCCCCCCCCCCCCCCCCCCCCCCC/C=C/C(O)C(CO)NC(=O)CCCCCCCCCCCCCCCCCCCCCCCCCCCC. The normalized spacial score (nSPS) is 12.7. The van der Waals surface area contributed by atoms with E-state index in [9.17, 15) is 15.0 Å². The Bertz CT molecular complexity index is 967. The Balaban J connectivity index is 3.41. The number of hydrogen-bond acceptors (Lipinski definition) is 3. The van der Waals surface area contributed by atoms with Crippen LogP contribution in [0, 0.1) is 0 Å². The first-order valence-electron chi connectivity index (χ1n) is 32.4. The zero-order valence-electron chi connectivity index (χ0n) is 47.6. The van der Waals surface area contributed by atoms with Crippen molar-refractivity contribution < 1.29 is 15.0 Å². The van der Waals surface area contributed by atoms with Gasteiger partial charge in [-0.2, -0.15) is 0 Å². The second-order valence-corrected chi connectivity index (χ2v) is 22.6. The molecular formula is C65H129NO3. The summed E-state index contributed by atoms with van der Waals surface area (Å²) in [6.07, 6.45) is 81.4. The van der Waals surface area contributed by atoms with E-state index in [-0.39, 0.29) is 12.5 Å². The summed E-state index contributed by atoms with van der Waals surface area (Å²) in [4.78, 5) is 12.5. The predicted octanol–water partition coefficient (Wildman–Crippen LogP) is 21.7. The maximum Gasteiger partial charge on any atom is 0.220 e. The van der Waals surface area contributed by atoms with Crippen LogP contribution in [0.5, 0.6) is 0 Å². The molecule has 0 saturated carbocycles. The second-order valence-electron chi connectivity index (χ2n) is 22.6. The van der Waals surface area contributed by atoms with Gasteiger partial charge in [-0.1, -0.05) is 366 Å². The van der Waals surface area contributed by atoms with Gasteiger partial charge in [0, 0.05) is 6.42 Å². The highest BCUT2D eigenvalue weighted by Gasteiger charge is 2.18. The first-order chi connectivity index (χ1) is 34.2. The lowest BCUT2D eigenvalue weighted by atomic mass is 10.0. The number of hydrogen-bond donors (Lipinski definition) is 3. The fourth-order valence-electron chi connectivity index (χ4n) is 10.6. The highest BCUT2D eigenvalue weighted by atomic mass is 16.3. The fraction of sp³-hybridized carbons (Fsp3) is 0.954. The molecule has 0 saturated heterocycles. The molecule has 0 aromatic rings. The number of aliphatic hydroxyl groups is 2. The lowest BCUT2D eigenvalue weighted by Crippen LogP contribution is -2.45. The molecule has 0 aliphatic heterocycles. The molecule has 0 radical (unpaired) electrons. The lowest BCUT2D eigenvalue weighted by molar-refractivity contribution is -0.123. The molecule has 0 aliphatic carbocycles. The average Bonchev–Trinajstić information content (AvgIpc) is 3.35. The van der Waals surface area contributed by atoms with Crippen molar-refractivity contribution in [1.82, 2.24) is 5.32 Å². The fourth-order valence-corrected chi connectivity index (χ4v) is 10.6. The number of aliphatic hydroxyl groups excluding tert-OH is 2. The molecule has 4 nitrogen and oxygen atoms in total. The molecule has 4 heteroatoms. The standard InChI is InChI=1S/C65H129NO3/c1-3-5-7-9-11-13-15-17-19-21-23-25-27-29-31-32-33-34-35-36-38-40-42-44-46-48-50-52-54-56-58-60-64(68)63(62-67)66-65(69)61-59-57-55-53-51-49-47-45-43-41-39-37-30-28-26-24-22-20-18-16-14-12-10-8-6-4-2/h58,60,63-64,67-68H,3-57,59,61-62H2,1-2H3,(H,66,69)/b60-58+. The Kier molecular flexibility index (Phi) is 60.7. The van der Waals surface area contributed by atoms with Gasteiger partial charge in [-0.05, 0) is 19.3 Å². The maximum absolute atomic E-state index is 12.5. The third-order valence-corrected chi connectivity index (χ3v) is 15.5. The maximum atomic E-state index is 12.5. The minimum Gasteiger partial charge on any atom is -0.394 e. The molecule has 2 unspecified atom stereocenters. The van der Waals surface area contributed by atoms with Gasteiger partial charge < -0.3 is 15.5 Å². The van der Waals surface area contributed by atoms with Gasteiger partial charge in [-0.25, -0.2) is 0 Å². The van der Waals surface area contributed by atoms with E-state index in [4.69, 9.17) is 0 Å². The number of rotatable bonds is 61. The molecule has 69 heavy (non-hydrogen) atoms. The van der Waals surface area contributed by atoms with E-state index in [0.717, 1.165) is 25.7 Å². The summed E-state index contributed by atoms with van der Waals surface area (Å²) in [6.45, 7) is 4.36. The van der Waals surface area contributed by atoms with E-state index < -0.39 is 12.1 Å². The Labute approximate surface area is 435 Å². The Morgan fingerprint density at radius 2 is 0.536 bits per heavy atom. The van der Waals surface area contributed by atoms with Gasteiger partial charge in [0.25, 0.3) is 0 Å². The Morgan fingerprint density at radius 3 is 0.754 bits per heavy atom. The van der Waals surface area contributed by atoms with Crippen LogP contribution in [0.15, 0.2) is 12.2 Å². The van der Waals surface area contributed by atoms with Crippen LogP contribution in [0.2, 0.25) is 0 Å². The number of unbranched alkanes of at least 4 members (excludes halogenated alkanes) is 54. The number of carbonyl (C=O) groups is 1. The van der Waals surface area contributed by atoms with E-state index in [2.05, 4.69) is 19.2 Å². The zero-order valence-corrected chi connectivity index (χ0v) is 47.6. The van der Waals surface area contributed by atoms with E-state index in [1.54, 1.807) is 6.08 Å². The quantitative estimate of drug-likeness (QED) is 0.0420. The molecule has 1 amide bonds. The molecule has 0 bridgehead atoms. The van der Waals surface area contributed by atoms with Crippen LogP contribution in [-0.4, -0.2) is 34.9 Å². The van der Waals surface area contributed by atoms with Crippen molar-refractivity contribution in [2.75, 3.05) is 6.61 Å². The van der Waals surface area contributed by atoms with Gasteiger partial charge in [0.1, 0.15) is 0 Å². The second kappa shape index (κ2) is 61.4. The minimum atomic E-state index is -0.837. The summed E-state index contributed by atoms with van der Waals surface area (Å²) < 4.78 is 0. The summed E-state index contributed by atoms with van der Waals surface area (Å²) in [6, 6.07) is -0.619. The first kappa shape index (κ1) is 68.1. The van der Waals surface area contributed by atoms with Crippen LogP contribution in [0.4, 0.5) is 0 Å². The van der Waals surface area contributed by atoms with Crippen LogP contribution in [-0.2, 0) is 4.79 Å². The number of amides is 1. The monoisotopic (exact) mass is 972 g/mol. The summed E-state index contributed by atoms with van der Waals surface area (Å²) in [5, 5.41) is 23.3. The van der Waals surface area contributed by atoms with Crippen molar-refractivity contribution in [2.24, 2.45) is 0 Å².